The molecule has 22 heavy (non-hydrogen) atoms. The molecular weight excluding hydrogens is 294 g/mol. The molecule has 0 bridgehead atoms. The van der Waals surface area contributed by atoms with Gasteiger partial charge in [0.15, 0.2) is 0 Å². The molecule has 1 N–H and O–H groups in total. The zero-order chi connectivity index (χ0) is 14.9. The fourth-order valence-electron chi connectivity index (χ4n) is 2.37. The van der Waals surface area contributed by atoms with Gasteiger partial charge in [-0.25, -0.2) is 4.98 Å². The molecule has 2 aromatic heterocycles. The highest BCUT2D eigenvalue weighted by molar-refractivity contribution is 6.32. The molecule has 0 spiro atoms. The van der Waals surface area contributed by atoms with Crippen LogP contribution in [0.5, 0.6) is 0 Å². The van der Waals surface area contributed by atoms with E-state index in [0.717, 1.165) is 33.1 Å². The summed E-state index contributed by atoms with van der Waals surface area (Å²) in [5.41, 5.74) is 4.32. The monoisotopic (exact) mass is 303 g/mol. The van der Waals surface area contributed by atoms with Crippen LogP contribution in [0, 0.1) is 11.8 Å². The van der Waals surface area contributed by atoms with Crippen molar-refractivity contribution in [2.24, 2.45) is 0 Å². The number of pyridine rings is 1. The van der Waals surface area contributed by atoms with Gasteiger partial charge in [-0.05, 0) is 24.3 Å². The average Bonchev–Trinajstić information content (AvgIpc) is 3.03. The molecule has 4 aromatic rings. The fourth-order valence-corrected chi connectivity index (χ4v) is 2.57. The highest BCUT2D eigenvalue weighted by Gasteiger charge is 2.07. The predicted octanol–water partition coefficient (Wildman–Crippen LogP) is 4.16. The van der Waals surface area contributed by atoms with Gasteiger partial charge < -0.3 is 4.98 Å². The van der Waals surface area contributed by atoms with E-state index in [0.29, 0.717) is 5.02 Å². The highest BCUT2D eigenvalue weighted by atomic mass is 35.5. The Morgan fingerprint density at radius 2 is 1.86 bits per heavy atom. The van der Waals surface area contributed by atoms with Gasteiger partial charge in [0, 0.05) is 16.5 Å². The Morgan fingerprint density at radius 1 is 1.00 bits per heavy atom. The van der Waals surface area contributed by atoms with Gasteiger partial charge in [0.2, 0.25) is 0 Å². The maximum Gasteiger partial charge on any atom is 0.0992 e. The van der Waals surface area contributed by atoms with Gasteiger partial charge in [-0.1, -0.05) is 41.6 Å². The van der Waals surface area contributed by atoms with Gasteiger partial charge >= 0.3 is 0 Å². The minimum absolute atomic E-state index is 0.596. The highest BCUT2D eigenvalue weighted by Crippen LogP contribution is 2.26. The standard InChI is InChI=1S/C18H10ClN3/c19-15-9-16-14(18-17(10-20-16)21-11-22-18)8-13(15)7-6-12-4-2-1-3-5-12/h1-5,8-11H,(H,21,22). The van der Waals surface area contributed by atoms with E-state index >= 15 is 0 Å². The molecule has 0 aliphatic rings. The van der Waals surface area contributed by atoms with Crippen LogP contribution in [-0.2, 0) is 0 Å². The number of H-pyrrole nitrogens is 1. The van der Waals surface area contributed by atoms with Crippen molar-refractivity contribution in [1.82, 2.24) is 15.0 Å². The van der Waals surface area contributed by atoms with Crippen LogP contribution in [0.2, 0.25) is 5.02 Å². The number of rotatable bonds is 0. The number of halogens is 1. The first-order valence-corrected chi connectivity index (χ1v) is 7.17. The van der Waals surface area contributed by atoms with Crippen molar-refractivity contribution in [3.63, 3.8) is 0 Å². The lowest BCUT2D eigenvalue weighted by molar-refractivity contribution is 1.34. The Balaban J connectivity index is 1.91. The molecule has 0 aliphatic heterocycles. The number of hydrogen-bond donors (Lipinski definition) is 1. The largest absolute Gasteiger partial charge is 0.343 e. The summed E-state index contributed by atoms with van der Waals surface area (Å²) >= 11 is 6.32. The van der Waals surface area contributed by atoms with Crippen molar-refractivity contribution in [1.29, 1.82) is 0 Å². The van der Waals surface area contributed by atoms with Crippen molar-refractivity contribution in [2.75, 3.05) is 0 Å². The molecule has 0 atom stereocenters. The van der Waals surface area contributed by atoms with Crippen LogP contribution >= 0.6 is 11.6 Å². The third kappa shape index (κ3) is 2.20. The molecule has 104 valence electrons. The number of benzene rings is 2. The van der Waals surface area contributed by atoms with Crippen LogP contribution in [-0.4, -0.2) is 15.0 Å². The van der Waals surface area contributed by atoms with Crippen LogP contribution in [0.4, 0.5) is 0 Å². The molecule has 2 heterocycles. The van der Waals surface area contributed by atoms with E-state index in [-0.39, 0.29) is 0 Å². The Bertz CT molecular complexity index is 1040. The second-order valence-corrected chi connectivity index (χ2v) is 5.30. The van der Waals surface area contributed by atoms with Crippen molar-refractivity contribution in [2.45, 2.75) is 0 Å². The van der Waals surface area contributed by atoms with Crippen LogP contribution in [0.3, 0.4) is 0 Å². The van der Waals surface area contributed by atoms with Gasteiger partial charge in [-0.15, -0.1) is 0 Å². The molecule has 0 amide bonds. The molecule has 0 radical (unpaired) electrons. The van der Waals surface area contributed by atoms with Gasteiger partial charge in [0.1, 0.15) is 0 Å². The van der Waals surface area contributed by atoms with E-state index in [1.165, 1.54) is 0 Å². The van der Waals surface area contributed by atoms with Gasteiger partial charge in [-0.2, -0.15) is 0 Å². The topological polar surface area (TPSA) is 41.6 Å². The third-order valence-corrected chi connectivity index (χ3v) is 3.77. The minimum atomic E-state index is 0.596. The maximum atomic E-state index is 6.32. The molecule has 4 heteroatoms. The van der Waals surface area contributed by atoms with Crippen molar-refractivity contribution in [3.05, 3.63) is 71.1 Å². The molecule has 0 unspecified atom stereocenters. The number of nitrogens with zero attached hydrogens (tertiary/aromatic N) is 2. The van der Waals surface area contributed by atoms with Crippen LogP contribution in [0.15, 0.2) is 55.0 Å². The number of hydrogen-bond acceptors (Lipinski definition) is 2. The molecule has 0 saturated carbocycles. The van der Waals surface area contributed by atoms with Gasteiger partial charge in [0.05, 0.1) is 34.1 Å². The van der Waals surface area contributed by atoms with Crippen LogP contribution < -0.4 is 0 Å². The summed E-state index contributed by atoms with van der Waals surface area (Å²) in [4.78, 5) is 11.8. The Kier molecular flexibility index (Phi) is 3.03. The van der Waals surface area contributed by atoms with E-state index in [4.69, 9.17) is 11.6 Å². The Hall–Kier alpha value is -2.83. The predicted molar refractivity (Wildman–Crippen MR) is 88.8 cm³/mol. The van der Waals surface area contributed by atoms with Crippen molar-refractivity contribution >= 4 is 33.5 Å². The second-order valence-electron chi connectivity index (χ2n) is 4.89. The van der Waals surface area contributed by atoms with E-state index in [2.05, 4.69) is 26.8 Å². The first kappa shape index (κ1) is 12.9. The summed E-state index contributed by atoms with van der Waals surface area (Å²) in [6, 6.07) is 13.6. The quantitative estimate of drug-likeness (QED) is 0.495. The van der Waals surface area contributed by atoms with Gasteiger partial charge in [0.25, 0.3) is 0 Å². The number of imidazole rings is 1. The third-order valence-electron chi connectivity index (χ3n) is 3.46. The summed E-state index contributed by atoms with van der Waals surface area (Å²) < 4.78 is 0. The van der Waals surface area contributed by atoms with Crippen molar-refractivity contribution in [3.8, 4) is 11.8 Å². The molecule has 3 nitrogen and oxygen atoms in total. The Labute approximate surface area is 132 Å². The summed E-state index contributed by atoms with van der Waals surface area (Å²) in [6.45, 7) is 0. The van der Waals surface area contributed by atoms with E-state index in [1.807, 2.05) is 42.5 Å². The Morgan fingerprint density at radius 3 is 2.73 bits per heavy atom. The summed E-state index contributed by atoms with van der Waals surface area (Å²) in [6.07, 6.45) is 3.42. The van der Waals surface area contributed by atoms with E-state index in [9.17, 15) is 0 Å². The lowest BCUT2D eigenvalue weighted by atomic mass is 10.1. The molecule has 2 aromatic carbocycles. The number of fused-ring (bicyclic) bond motifs is 3. The van der Waals surface area contributed by atoms with E-state index in [1.54, 1.807) is 12.5 Å². The number of nitrogens with one attached hydrogen (secondary N) is 1. The zero-order valence-electron chi connectivity index (χ0n) is 11.5. The summed E-state index contributed by atoms with van der Waals surface area (Å²) in [5.74, 6) is 6.26. The summed E-state index contributed by atoms with van der Waals surface area (Å²) in [5, 5.41) is 1.54. The first-order valence-electron chi connectivity index (χ1n) is 6.80. The summed E-state index contributed by atoms with van der Waals surface area (Å²) in [7, 11) is 0. The second kappa shape index (κ2) is 5.18. The molecule has 0 fully saturated rings. The lowest BCUT2D eigenvalue weighted by Crippen LogP contribution is -1.85. The smallest absolute Gasteiger partial charge is 0.0992 e. The first-order chi connectivity index (χ1) is 10.8. The number of aromatic nitrogens is 3. The van der Waals surface area contributed by atoms with E-state index < -0.39 is 0 Å². The fraction of sp³-hybridized carbons (Fsp3) is 0. The minimum Gasteiger partial charge on any atom is -0.343 e. The molecule has 0 saturated heterocycles. The van der Waals surface area contributed by atoms with Gasteiger partial charge in [-0.3, -0.25) is 4.98 Å². The maximum absolute atomic E-state index is 6.32. The average molecular weight is 304 g/mol. The molecule has 4 rings (SSSR count). The lowest BCUT2D eigenvalue weighted by Gasteiger charge is -2.01. The van der Waals surface area contributed by atoms with Crippen molar-refractivity contribution < 1.29 is 0 Å². The SMILES string of the molecule is Clc1cc2ncc3[nH]cnc3c2cc1C#Cc1ccccc1. The molecular formula is C18H10ClN3. The normalized spacial score (nSPS) is 10.6. The molecule has 0 aliphatic carbocycles. The zero-order valence-corrected chi connectivity index (χ0v) is 12.2. The van der Waals surface area contributed by atoms with Crippen LogP contribution in [0.1, 0.15) is 11.1 Å². The number of aromatic amines is 1. The van der Waals surface area contributed by atoms with Crippen LogP contribution in [0.25, 0.3) is 21.9 Å².